The van der Waals surface area contributed by atoms with E-state index in [1.807, 2.05) is 53.4 Å². The fourth-order valence-corrected chi connectivity index (χ4v) is 4.07. The minimum absolute atomic E-state index is 0.105. The summed E-state index contributed by atoms with van der Waals surface area (Å²) >= 11 is 0. The van der Waals surface area contributed by atoms with Crippen molar-refractivity contribution < 1.29 is 4.79 Å². The molecule has 3 aromatic rings. The number of anilines is 1. The van der Waals surface area contributed by atoms with E-state index in [0.29, 0.717) is 0 Å². The number of amides is 1. The SMILES string of the molecule is O=C1C2=C(/C(=C/c3ccccc3)N1c1ccccc1)c1ccccc1CC2. The molecule has 0 N–H and O–H groups in total. The Kier molecular flexibility index (Phi) is 3.75. The Hall–Kier alpha value is -3.39. The van der Waals surface area contributed by atoms with E-state index in [1.54, 1.807) is 0 Å². The molecule has 27 heavy (non-hydrogen) atoms. The number of fused-ring (bicyclic) bond motifs is 2. The maximum atomic E-state index is 13.4. The van der Waals surface area contributed by atoms with Crippen molar-refractivity contribution in [1.82, 2.24) is 0 Å². The summed E-state index contributed by atoms with van der Waals surface area (Å²) in [7, 11) is 0. The van der Waals surface area contributed by atoms with Gasteiger partial charge in [0.1, 0.15) is 0 Å². The van der Waals surface area contributed by atoms with Crippen LogP contribution < -0.4 is 4.90 Å². The molecule has 0 fully saturated rings. The molecule has 1 heterocycles. The quantitative estimate of drug-likeness (QED) is 0.600. The number of para-hydroxylation sites is 1. The van der Waals surface area contributed by atoms with Crippen LogP contribution in [0, 0.1) is 0 Å². The highest BCUT2D eigenvalue weighted by molar-refractivity contribution is 6.23. The number of hydrogen-bond donors (Lipinski definition) is 0. The normalized spacial score (nSPS) is 17.3. The van der Waals surface area contributed by atoms with Gasteiger partial charge in [-0.1, -0.05) is 72.8 Å². The third-order valence-corrected chi connectivity index (χ3v) is 5.31. The van der Waals surface area contributed by atoms with Crippen molar-refractivity contribution in [3.8, 4) is 0 Å². The summed E-state index contributed by atoms with van der Waals surface area (Å²) in [6, 6.07) is 28.6. The molecule has 0 spiro atoms. The lowest BCUT2D eigenvalue weighted by Gasteiger charge is -2.21. The Balaban J connectivity index is 1.74. The van der Waals surface area contributed by atoms with Crippen molar-refractivity contribution in [2.75, 3.05) is 4.90 Å². The van der Waals surface area contributed by atoms with Gasteiger partial charge in [0, 0.05) is 16.8 Å². The Morgan fingerprint density at radius 1 is 0.741 bits per heavy atom. The Morgan fingerprint density at radius 3 is 2.19 bits per heavy atom. The average Bonchev–Trinajstić information content (AvgIpc) is 3.01. The Morgan fingerprint density at radius 2 is 1.41 bits per heavy atom. The van der Waals surface area contributed by atoms with Gasteiger partial charge in [-0.2, -0.15) is 0 Å². The zero-order valence-electron chi connectivity index (χ0n) is 14.9. The van der Waals surface area contributed by atoms with E-state index in [1.165, 1.54) is 11.1 Å². The number of allylic oxidation sites excluding steroid dienone is 1. The van der Waals surface area contributed by atoms with Crippen LogP contribution in [0.15, 0.2) is 96.2 Å². The molecule has 2 aliphatic rings. The van der Waals surface area contributed by atoms with Gasteiger partial charge >= 0.3 is 0 Å². The van der Waals surface area contributed by atoms with E-state index in [4.69, 9.17) is 0 Å². The summed E-state index contributed by atoms with van der Waals surface area (Å²) in [5.41, 5.74) is 7.51. The van der Waals surface area contributed by atoms with Gasteiger partial charge in [-0.25, -0.2) is 0 Å². The van der Waals surface area contributed by atoms with Crippen molar-refractivity contribution in [1.29, 1.82) is 0 Å². The average molecular weight is 349 g/mol. The number of benzene rings is 3. The molecular weight excluding hydrogens is 330 g/mol. The summed E-state index contributed by atoms with van der Waals surface area (Å²) in [4.78, 5) is 15.3. The third-order valence-electron chi connectivity index (χ3n) is 5.31. The Bertz CT molecular complexity index is 1080. The first-order valence-electron chi connectivity index (χ1n) is 9.31. The molecule has 0 atom stereocenters. The summed E-state index contributed by atoms with van der Waals surface area (Å²) in [5.74, 6) is 0.105. The maximum Gasteiger partial charge on any atom is 0.259 e. The van der Waals surface area contributed by atoms with Gasteiger partial charge < -0.3 is 0 Å². The van der Waals surface area contributed by atoms with Crippen molar-refractivity contribution >= 4 is 23.2 Å². The monoisotopic (exact) mass is 349 g/mol. The van der Waals surface area contributed by atoms with Gasteiger partial charge in [0.2, 0.25) is 0 Å². The number of nitrogens with zero attached hydrogens (tertiary/aromatic N) is 1. The standard InChI is InChI=1S/C25H19NO/c27-25-22-16-15-19-11-7-8-14-21(19)24(22)23(17-18-9-3-1-4-10-18)26(25)20-12-5-2-6-13-20/h1-14,17H,15-16H2/b23-17-. The molecule has 1 amide bonds. The molecular formula is C25H19NO. The van der Waals surface area contributed by atoms with Crippen molar-refractivity contribution in [2.45, 2.75) is 12.8 Å². The van der Waals surface area contributed by atoms with Gasteiger partial charge in [0.25, 0.3) is 5.91 Å². The molecule has 2 heteroatoms. The second-order valence-electron chi connectivity index (χ2n) is 6.93. The maximum absolute atomic E-state index is 13.4. The number of carbonyl (C=O) groups excluding carboxylic acids is 1. The van der Waals surface area contributed by atoms with Crippen LogP contribution in [0.3, 0.4) is 0 Å². The zero-order valence-corrected chi connectivity index (χ0v) is 14.9. The lowest BCUT2D eigenvalue weighted by atomic mass is 9.85. The van der Waals surface area contributed by atoms with Crippen molar-refractivity contribution in [3.05, 3.63) is 113 Å². The van der Waals surface area contributed by atoms with E-state index in [0.717, 1.165) is 40.9 Å². The molecule has 1 aliphatic carbocycles. The fraction of sp³-hybridized carbons (Fsp3) is 0.0800. The highest BCUT2D eigenvalue weighted by Crippen LogP contribution is 2.45. The van der Waals surface area contributed by atoms with Crippen LogP contribution in [0.25, 0.3) is 11.6 Å². The molecule has 0 saturated carbocycles. The van der Waals surface area contributed by atoms with Crippen LogP contribution in [-0.2, 0) is 11.2 Å². The largest absolute Gasteiger partial charge is 0.277 e. The number of hydrogen-bond acceptors (Lipinski definition) is 1. The molecule has 0 bridgehead atoms. The minimum Gasteiger partial charge on any atom is -0.277 e. The lowest BCUT2D eigenvalue weighted by molar-refractivity contribution is -0.114. The van der Waals surface area contributed by atoms with Crippen molar-refractivity contribution in [2.24, 2.45) is 0 Å². The van der Waals surface area contributed by atoms with Crippen LogP contribution in [0.1, 0.15) is 23.1 Å². The zero-order chi connectivity index (χ0) is 18.2. The molecule has 5 rings (SSSR count). The molecule has 0 saturated heterocycles. The molecule has 130 valence electrons. The van der Waals surface area contributed by atoms with Crippen LogP contribution in [0.4, 0.5) is 5.69 Å². The van der Waals surface area contributed by atoms with Gasteiger partial charge in [0.15, 0.2) is 0 Å². The van der Waals surface area contributed by atoms with Crippen LogP contribution in [0.2, 0.25) is 0 Å². The predicted molar refractivity (Wildman–Crippen MR) is 110 cm³/mol. The second kappa shape index (κ2) is 6.40. The van der Waals surface area contributed by atoms with Crippen LogP contribution in [0.5, 0.6) is 0 Å². The number of aryl methyl sites for hydroxylation is 1. The van der Waals surface area contributed by atoms with Crippen LogP contribution in [-0.4, -0.2) is 5.91 Å². The van der Waals surface area contributed by atoms with E-state index >= 15 is 0 Å². The van der Waals surface area contributed by atoms with E-state index in [-0.39, 0.29) is 5.91 Å². The van der Waals surface area contributed by atoms with Gasteiger partial charge in [-0.3, -0.25) is 9.69 Å². The highest BCUT2D eigenvalue weighted by Gasteiger charge is 2.38. The highest BCUT2D eigenvalue weighted by atomic mass is 16.2. The first-order chi connectivity index (χ1) is 13.3. The lowest BCUT2D eigenvalue weighted by Crippen LogP contribution is -2.25. The summed E-state index contributed by atoms with van der Waals surface area (Å²) in [5, 5.41) is 0. The smallest absolute Gasteiger partial charge is 0.259 e. The Labute approximate surface area is 159 Å². The fourth-order valence-electron chi connectivity index (χ4n) is 4.07. The minimum atomic E-state index is 0.105. The van der Waals surface area contributed by atoms with Gasteiger partial charge in [0.05, 0.1) is 5.70 Å². The molecule has 1 aliphatic heterocycles. The molecule has 0 aromatic heterocycles. The number of carbonyl (C=O) groups is 1. The molecule has 0 unspecified atom stereocenters. The summed E-state index contributed by atoms with van der Waals surface area (Å²) in [6.07, 6.45) is 3.85. The van der Waals surface area contributed by atoms with E-state index < -0.39 is 0 Å². The van der Waals surface area contributed by atoms with E-state index in [2.05, 4.69) is 42.5 Å². The van der Waals surface area contributed by atoms with Gasteiger partial charge in [-0.05, 0) is 47.7 Å². The predicted octanol–water partition coefficient (Wildman–Crippen LogP) is 5.47. The summed E-state index contributed by atoms with van der Waals surface area (Å²) < 4.78 is 0. The van der Waals surface area contributed by atoms with E-state index in [9.17, 15) is 4.79 Å². The molecule has 2 nitrogen and oxygen atoms in total. The second-order valence-corrected chi connectivity index (χ2v) is 6.93. The first kappa shape index (κ1) is 15.8. The topological polar surface area (TPSA) is 20.3 Å². The van der Waals surface area contributed by atoms with Crippen molar-refractivity contribution in [3.63, 3.8) is 0 Å². The molecule has 3 aromatic carbocycles. The first-order valence-corrected chi connectivity index (χ1v) is 9.31. The molecule has 0 radical (unpaired) electrons. The van der Waals surface area contributed by atoms with Crippen LogP contribution >= 0.6 is 0 Å². The van der Waals surface area contributed by atoms with Gasteiger partial charge in [-0.15, -0.1) is 0 Å². The third kappa shape index (κ3) is 2.61. The number of rotatable bonds is 2. The summed E-state index contributed by atoms with van der Waals surface area (Å²) in [6.45, 7) is 0.